The van der Waals surface area contributed by atoms with Crippen molar-refractivity contribution in [1.82, 2.24) is 0 Å². The standard InChI is InChI=1S/C14H16N2/c1-4-10-7-11(8-15)14(9-16)13(6-3)12(10)5-2/h7H,4-6H2,1-3H3. The quantitative estimate of drug-likeness (QED) is 0.772. The van der Waals surface area contributed by atoms with Crippen molar-refractivity contribution in [3.63, 3.8) is 0 Å². The lowest BCUT2D eigenvalue weighted by Crippen LogP contribution is -2.03. The lowest BCUT2D eigenvalue weighted by Gasteiger charge is -2.14. The zero-order chi connectivity index (χ0) is 12.1. The minimum absolute atomic E-state index is 0.522. The molecular weight excluding hydrogens is 196 g/mol. The molecule has 0 aliphatic carbocycles. The zero-order valence-corrected chi connectivity index (χ0v) is 10.1. The first-order chi connectivity index (χ1) is 7.73. The van der Waals surface area contributed by atoms with Gasteiger partial charge in [0.25, 0.3) is 0 Å². The molecule has 0 saturated heterocycles. The van der Waals surface area contributed by atoms with Crippen molar-refractivity contribution in [3.05, 3.63) is 33.9 Å². The Morgan fingerprint density at radius 1 is 0.938 bits per heavy atom. The van der Waals surface area contributed by atoms with E-state index in [9.17, 15) is 0 Å². The van der Waals surface area contributed by atoms with E-state index in [0.717, 1.165) is 24.8 Å². The Balaban J connectivity index is 3.64. The van der Waals surface area contributed by atoms with Gasteiger partial charge in [0.2, 0.25) is 0 Å². The number of rotatable bonds is 3. The molecule has 0 spiro atoms. The Morgan fingerprint density at radius 3 is 1.94 bits per heavy atom. The minimum atomic E-state index is 0.522. The molecule has 0 aliphatic heterocycles. The summed E-state index contributed by atoms with van der Waals surface area (Å²) in [5.41, 5.74) is 4.60. The summed E-state index contributed by atoms with van der Waals surface area (Å²) >= 11 is 0. The van der Waals surface area contributed by atoms with E-state index in [1.165, 1.54) is 11.1 Å². The van der Waals surface area contributed by atoms with Crippen LogP contribution in [0, 0.1) is 22.7 Å². The predicted molar refractivity (Wildman–Crippen MR) is 64.0 cm³/mol. The van der Waals surface area contributed by atoms with Crippen molar-refractivity contribution in [2.24, 2.45) is 0 Å². The summed E-state index contributed by atoms with van der Waals surface area (Å²) in [5.74, 6) is 0. The number of hydrogen-bond acceptors (Lipinski definition) is 2. The van der Waals surface area contributed by atoms with Crippen LogP contribution in [0.3, 0.4) is 0 Å². The van der Waals surface area contributed by atoms with Gasteiger partial charge >= 0.3 is 0 Å². The van der Waals surface area contributed by atoms with E-state index in [1.54, 1.807) is 0 Å². The highest BCUT2D eigenvalue weighted by Gasteiger charge is 2.14. The fourth-order valence-corrected chi connectivity index (χ4v) is 2.20. The second-order valence-electron chi connectivity index (χ2n) is 3.70. The van der Waals surface area contributed by atoms with Gasteiger partial charge in [-0.3, -0.25) is 0 Å². The maximum absolute atomic E-state index is 9.14. The van der Waals surface area contributed by atoms with Gasteiger partial charge in [-0.05, 0) is 42.0 Å². The van der Waals surface area contributed by atoms with E-state index >= 15 is 0 Å². The third kappa shape index (κ3) is 1.92. The molecule has 1 aromatic carbocycles. The maximum atomic E-state index is 9.14. The molecule has 2 heteroatoms. The molecule has 0 aliphatic rings. The van der Waals surface area contributed by atoms with Gasteiger partial charge in [0.15, 0.2) is 0 Å². The lowest BCUT2D eigenvalue weighted by atomic mass is 9.89. The Labute approximate surface area is 97.1 Å². The van der Waals surface area contributed by atoms with Crippen LogP contribution >= 0.6 is 0 Å². The third-order valence-electron chi connectivity index (χ3n) is 2.96. The molecule has 2 nitrogen and oxygen atoms in total. The van der Waals surface area contributed by atoms with Gasteiger partial charge in [-0.25, -0.2) is 0 Å². The van der Waals surface area contributed by atoms with Gasteiger partial charge in [0.05, 0.1) is 11.1 Å². The van der Waals surface area contributed by atoms with Gasteiger partial charge in [-0.15, -0.1) is 0 Å². The number of nitriles is 2. The summed E-state index contributed by atoms with van der Waals surface area (Å²) in [4.78, 5) is 0. The predicted octanol–water partition coefficient (Wildman–Crippen LogP) is 3.12. The first-order valence-corrected chi connectivity index (χ1v) is 5.71. The van der Waals surface area contributed by atoms with E-state index in [4.69, 9.17) is 10.5 Å². The van der Waals surface area contributed by atoms with Gasteiger partial charge in [-0.1, -0.05) is 20.8 Å². The van der Waals surface area contributed by atoms with Crippen LogP contribution in [-0.4, -0.2) is 0 Å². The van der Waals surface area contributed by atoms with Crippen LogP contribution in [0.25, 0.3) is 0 Å². The van der Waals surface area contributed by atoms with Crippen molar-refractivity contribution < 1.29 is 0 Å². The average molecular weight is 212 g/mol. The Bertz CT molecular complexity index is 473. The number of hydrogen-bond donors (Lipinski definition) is 0. The van der Waals surface area contributed by atoms with Crippen molar-refractivity contribution in [3.8, 4) is 12.1 Å². The van der Waals surface area contributed by atoms with E-state index in [2.05, 4.69) is 26.0 Å². The van der Waals surface area contributed by atoms with E-state index in [1.807, 2.05) is 13.0 Å². The van der Waals surface area contributed by atoms with Crippen LogP contribution in [0.5, 0.6) is 0 Å². The molecule has 1 rings (SSSR count). The van der Waals surface area contributed by atoms with Gasteiger partial charge < -0.3 is 0 Å². The van der Waals surface area contributed by atoms with Crippen LogP contribution in [-0.2, 0) is 19.3 Å². The largest absolute Gasteiger partial charge is 0.192 e. The molecule has 16 heavy (non-hydrogen) atoms. The van der Waals surface area contributed by atoms with Crippen LogP contribution in [0.15, 0.2) is 6.07 Å². The lowest BCUT2D eigenvalue weighted by molar-refractivity contribution is 0.973. The first kappa shape index (κ1) is 12.3. The Hall–Kier alpha value is -1.80. The molecule has 0 fully saturated rings. The number of nitrogens with zero attached hydrogens (tertiary/aromatic N) is 2. The maximum Gasteiger partial charge on any atom is 0.101 e. The highest BCUT2D eigenvalue weighted by molar-refractivity contribution is 5.56. The molecule has 0 heterocycles. The Morgan fingerprint density at radius 2 is 1.56 bits per heavy atom. The van der Waals surface area contributed by atoms with Crippen molar-refractivity contribution >= 4 is 0 Å². The molecule has 82 valence electrons. The smallest absolute Gasteiger partial charge is 0.101 e. The molecule has 0 N–H and O–H groups in total. The van der Waals surface area contributed by atoms with Crippen molar-refractivity contribution in [2.75, 3.05) is 0 Å². The monoisotopic (exact) mass is 212 g/mol. The Kier molecular flexibility index (Phi) is 4.09. The SMILES string of the molecule is CCc1cc(C#N)c(C#N)c(CC)c1CC. The van der Waals surface area contributed by atoms with Crippen LogP contribution in [0.4, 0.5) is 0 Å². The molecule has 0 aromatic heterocycles. The first-order valence-electron chi connectivity index (χ1n) is 5.71. The van der Waals surface area contributed by atoms with Crippen LogP contribution in [0.1, 0.15) is 48.6 Å². The van der Waals surface area contributed by atoms with Crippen LogP contribution in [0.2, 0.25) is 0 Å². The van der Waals surface area contributed by atoms with Crippen molar-refractivity contribution in [1.29, 1.82) is 10.5 Å². The minimum Gasteiger partial charge on any atom is -0.192 e. The molecule has 0 bridgehead atoms. The normalized spacial score (nSPS) is 9.56. The number of benzene rings is 1. The van der Waals surface area contributed by atoms with Crippen molar-refractivity contribution in [2.45, 2.75) is 40.0 Å². The molecule has 0 unspecified atom stereocenters. The molecule has 1 aromatic rings. The number of aryl methyl sites for hydroxylation is 1. The molecular formula is C14H16N2. The van der Waals surface area contributed by atoms with Gasteiger partial charge in [0.1, 0.15) is 12.1 Å². The molecule has 0 atom stereocenters. The second-order valence-corrected chi connectivity index (χ2v) is 3.70. The fraction of sp³-hybridized carbons (Fsp3) is 0.429. The van der Waals surface area contributed by atoms with Gasteiger partial charge in [0, 0.05) is 0 Å². The molecule has 0 saturated carbocycles. The summed E-state index contributed by atoms with van der Waals surface area (Å²) < 4.78 is 0. The van der Waals surface area contributed by atoms with Crippen LogP contribution < -0.4 is 0 Å². The fourth-order valence-electron chi connectivity index (χ4n) is 2.20. The van der Waals surface area contributed by atoms with E-state index in [-0.39, 0.29) is 0 Å². The summed E-state index contributed by atoms with van der Waals surface area (Å²) in [6.07, 6.45) is 2.65. The summed E-state index contributed by atoms with van der Waals surface area (Å²) in [6.45, 7) is 6.22. The van der Waals surface area contributed by atoms with E-state index < -0.39 is 0 Å². The molecule has 0 amide bonds. The zero-order valence-electron chi connectivity index (χ0n) is 10.1. The topological polar surface area (TPSA) is 47.6 Å². The highest BCUT2D eigenvalue weighted by Crippen LogP contribution is 2.24. The highest BCUT2D eigenvalue weighted by atomic mass is 14.3. The van der Waals surface area contributed by atoms with Gasteiger partial charge in [-0.2, -0.15) is 10.5 Å². The third-order valence-corrected chi connectivity index (χ3v) is 2.96. The molecule has 0 radical (unpaired) electrons. The summed E-state index contributed by atoms with van der Waals surface area (Å²) in [7, 11) is 0. The summed E-state index contributed by atoms with van der Waals surface area (Å²) in [6, 6.07) is 6.17. The average Bonchev–Trinajstić information content (AvgIpc) is 2.35. The van der Waals surface area contributed by atoms with E-state index in [0.29, 0.717) is 11.1 Å². The second kappa shape index (κ2) is 5.33. The summed E-state index contributed by atoms with van der Waals surface area (Å²) in [5, 5.41) is 18.2.